The molecule has 0 atom stereocenters. The summed E-state index contributed by atoms with van der Waals surface area (Å²) >= 11 is 5.87. The molecule has 5 nitrogen and oxygen atoms in total. The van der Waals surface area contributed by atoms with Crippen molar-refractivity contribution in [2.75, 3.05) is 11.1 Å². The number of nitrogen functional groups attached to an aromatic ring is 1. The number of halogens is 2. The van der Waals surface area contributed by atoms with Gasteiger partial charge in [-0.2, -0.15) is 0 Å². The van der Waals surface area contributed by atoms with E-state index in [4.69, 9.17) is 17.3 Å². The molecule has 0 fully saturated rings. The number of benzene rings is 2. The molecule has 0 aliphatic heterocycles. The van der Waals surface area contributed by atoms with Crippen LogP contribution in [0.15, 0.2) is 35.0 Å². The fraction of sp³-hybridized carbons (Fsp3) is 0. The third kappa shape index (κ3) is 1.96. The summed E-state index contributed by atoms with van der Waals surface area (Å²) in [5, 5.41) is 10.3. The molecule has 0 amide bonds. The van der Waals surface area contributed by atoms with Crippen LogP contribution in [0.5, 0.6) is 0 Å². The van der Waals surface area contributed by atoms with Crippen molar-refractivity contribution in [3.8, 4) is 0 Å². The Balaban J connectivity index is 2.05. The van der Waals surface area contributed by atoms with Gasteiger partial charge < -0.3 is 11.1 Å². The third-order valence-electron chi connectivity index (χ3n) is 2.69. The highest BCUT2D eigenvalue weighted by Gasteiger charge is 2.11. The Bertz CT molecular complexity index is 759. The predicted octanol–water partition coefficient (Wildman–Crippen LogP) is 3.34. The monoisotopic (exact) mass is 278 g/mol. The molecule has 0 unspecified atom stereocenters. The van der Waals surface area contributed by atoms with Gasteiger partial charge in [0.2, 0.25) is 0 Å². The minimum Gasteiger partial charge on any atom is -0.395 e. The number of nitrogens with two attached hydrogens (primary N) is 1. The third-order valence-corrected chi connectivity index (χ3v) is 3.07. The van der Waals surface area contributed by atoms with Gasteiger partial charge in [0.25, 0.3) is 0 Å². The number of fused-ring (bicyclic) bond motifs is 1. The first-order valence-electron chi connectivity index (χ1n) is 5.38. The highest BCUT2D eigenvalue weighted by molar-refractivity contribution is 6.33. The van der Waals surface area contributed by atoms with Crippen molar-refractivity contribution in [1.29, 1.82) is 0 Å². The van der Waals surface area contributed by atoms with Gasteiger partial charge in [0.05, 0.1) is 22.1 Å². The maximum Gasteiger partial charge on any atom is 0.160 e. The van der Waals surface area contributed by atoms with E-state index < -0.39 is 5.82 Å². The van der Waals surface area contributed by atoms with Crippen molar-refractivity contribution in [1.82, 2.24) is 10.3 Å². The fourth-order valence-electron chi connectivity index (χ4n) is 1.73. The minimum atomic E-state index is -0.505. The summed E-state index contributed by atoms with van der Waals surface area (Å²) in [6.45, 7) is 0. The smallest absolute Gasteiger partial charge is 0.160 e. The van der Waals surface area contributed by atoms with Gasteiger partial charge in [0.15, 0.2) is 5.52 Å². The van der Waals surface area contributed by atoms with Crippen LogP contribution in [0.25, 0.3) is 11.0 Å². The first-order chi connectivity index (χ1) is 9.16. The van der Waals surface area contributed by atoms with Crippen LogP contribution in [-0.4, -0.2) is 10.3 Å². The average Bonchev–Trinajstić information content (AvgIpc) is 2.87. The number of nitrogens with zero attached hydrogens (tertiary/aromatic N) is 2. The number of nitrogens with one attached hydrogen (secondary N) is 1. The van der Waals surface area contributed by atoms with E-state index in [9.17, 15) is 4.39 Å². The standard InChI is InChI=1S/C12H8ClFN4O/c13-10-6(14)2-1-3-7(10)16-8-4-5-9-12(11(8)15)18-19-17-9/h1-5,16H,15H2. The molecule has 3 rings (SSSR count). The van der Waals surface area contributed by atoms with E-state index in [0.717, 1.165) is 0 Å². The van der Waals surface area contributed by atoms with Gasteiger partial charge in [-0.05, 0) is 34.6 Å². The van der Waals surface area contributed by atoms with Gasteiger partial charge in [0, 0.05) is 0 Å². The molecular formula is C12H8ClFN4O. The Morgan fingerprint density at radius 1 is 1.16 bits per heavy atom. The molecule has 0 saturated heterocycles. The minimum absolute atomic E-state index is 0.000254. The zero-order valence-corrected chi connectivity index (χ0v) is 10.3. The molecule has 19 heavy (non-hydrogen) atoms. The molecule has 3 N–H and O–H groups in total. The topological polar surface area (TPSA) is 77.0 Å². The molecular weight excluding hydrogens is 271 g/mol. The van der Waals surface area contributed by atoms with Crippen molar-refractivity contribution < 1.29 is 9.02 Å². The Hall–Kier alpha value is -2.34. The summed E-state index contributed by atoms with van der Waals surface area (Å²) in [5.74, 6) is -0.505. The highest BCUT2D eigenvalue weighted by atomic mass is 35.5. The number of hydrogen-bond acceptors (Lipinski definition) is 5. The molecule has 7 heteroatoms. The zero-order valence-electron chi connectivity index (χ0n) is 9.52. The van der Waals surface area contributed by atoms with Crippen molar-refractivity contribution >= 4 is 39.7 Å². The Morgan fingerprint density at radius 3 is 2.84 bits per heavy atom. The van der Waals surface area contributed by atoms with E-state index in [1.807, 2.05) is 0 Å². The summed E-state index contributed by atoms with van der Waals surface area (Å²) in [6.07, 6.45) is 0. The van der Waals surface area contributed by atoms with E-state index >= 15 is 0 Å². The number of rotatable bonds is 2. The SMILES string of the molecule is Nc1c(Nc2cccc(F)c2Cl)ccc2nonc12. The predicted molar refractivity (Wildman–Crippen MR) is 70.9 cm³/mol. The average molecular weight is 279 g/mol. The lowest BCUT2D eigenvalue weighted by molar-refractivity contribution is 0.315. The van der Waals surface area contributed by atoms with Gasteiger partial charge in [-0.1, -0.05) is 17.7 Å². The molecule has 0 radical (unpaired) electrons. The van der Waals surface area contributed by atoms with Gasteiger partial charge in [0.1, 0.15) is 11.3 Å². The van der Waals surface area contributed by atoms with Crippen molar-refractivity contribution in [3.63, 3.8) is 0 Å². The maximum atomic E-state index is 13.3. The van der Waals surface area contributed by atoms with Crippen molar-refractivity contribution in [2.24, 2.45) is 0 Å². The normalized spacial score (nSPS) is 10.8. The Morgan fingerprint density at radius 2 is 2.00 bits per heavy atom. The van der Waals surface area contributed by atoms with Crippen LogP contribution in [-0.2, 0) is 0 Å². The van der Waals surface area contributed by atoms with Crippen LogP contribution in [0.2, 0.25) is 5.02 Å². The van der Waals surface area contributed by atoms with Gasteiger partial charge in [-0.15, -0.1) is 0 Å². The molecule has 0 aliphatic rings. The van der Waals surface area contributed by atoms with Crippen LogP contribution >= 0.6 is 11.6 Å². The van der Waals surface area contributed by atoms with Crippen LogP contribution in [0.3, 0.4) is 0 Å². The quantitative estimate of drug-likeness (QED) is 0.703. The summed E-state index contributed by atoms with van der Waals surface area (Å²) in [7, 11) is 0. The Labute approximate surface area is 112 Å². The zero-order chi connectivity index (χ0) is 13.4. The van der Waals surface area contributed by atoms with E-state index in [1.165, 1.54) is 6.07 Å². The Kier molecular flexibility index (Phi) is 2.72. The summed E-state index contributed by atoms with van der Waals surface area (Å²) < 4.78 is 17.9. The van der Waals surface area contributed by atoms with Crippen molar-refractivity contribution in [3.05, 3.63) is 41.2 Å². The van der Waals surface area contributed by atoms with Crippen LogP contribution in [0.4, 0.5) is 21.5 Å². The van der Waals surface area contributed by atoms with Crippen molar-refractivity contribution in [2.45, 2.75) is 0 Å². The van der Waals surface area contributed by atoms with Crippen LogP contribution < -0.4 is 11.1 Å². The molecule has 3 aromatic rings. The fourth-order valence-corrected chi connectivity index (χ4v) is 1.90. The molecule has 0 aliphatic carbocycles. The summed E-state index contributed by atoms with van der Waals surface area (Å²) in [4.78, 5) is 0. The van der Waals surface area contributed by atoms with E-state index in [2.05, 4.69) is 20.3 Å². The number of hydrogen-bond donors (Lipinski definition) is 2. The first-order valence-corrected chi connectivity index (χ1v) is 5.76. The lowest BCUT2D eigenvalue weighted by Gasteiger charge is -2.10. The second-order valence-electron chi connectivity index (χ2n) is 3.89. The lowest BCUT2D eigenvalue weighted by Crippen LogP contribution is -1.98. The van der Waals surface area contributed by atoms with E-state index in [0.29, 0.717) is 28.1 Å². The molecule has 1 heterocycles. The number of anilines is 3. The maximum absolute atomic E-state index is 13.3. The van der Waals surface area contributed by atoms with Crippen LogP contribution in [0, 0.1) is 5.82 Å². The van der Waals surface area contributed by atoms with Gasteiger partial charge >= 0.3 is 0 Å². The summed E-state index contributed by atoms with van der Waals surface area (Å²) in [6, 6.07) is 7.87. The molecule has 0 spiro atoms. The van der Waals surface area contributed by atoms with E-state index in [-0.39, 0.29) is 5.02 Å². The number of aromatic nitrogens is 2. The molecule has 0 saturated carbocycles. The highest BCUT2D eigenvalue weighted by Crippen LogP contribution is 2.32. The lowest BCUT2D eigenvalue weighted by atomic mass is 10.2. The first kappa shape index (κ1) is 11.7. The second-order valence-corrected chi connectivity index (χ2v) is 4.26. The molecule has 0 bridgehead atoms. The van der Waals surface area contributed by atoms with E-state index in [1.54, 1.807) is 24.3 Å². The molecule has 96 valence electrons. The van der Waals surface area contributed by atoms with Gasteiger partial charge in [-0.25, -0.2) is 9.02 Å². The second kappa shape index (κ2) is 4.40. The largest absolute Gasteiger partial charge is 0.395 e. The van der Waals surface area contributed by atoms with Gasteiger partial charge in [-0.3, -0.25) is 0 Å². The molecule has 2 aromatic carbocycles. The summed E-state index contributed by atoms with van der Waals surface area (Å²) in [5.41, 5.74) is 8.26. The molecule has 1 aromatic heterocycles. The van der Waals surface area contributed by atoms with Crippen LogP contribution in [0.1, 0.15) is 0 Å².